The third-order valence-electron chi connectivity index (χ3n) is 5.57. The lowest BCUT2D eigenvalue weighted by Gasteiger charge is -2.25. The molecular formula is C25H31N5O8S. The van der Waals surface area contributed by atoms with Crippen LogP contribution in [0.5, 0.6) is 11.5 Å². The van der Waals surface area contributed by atoms with E-state index in [4.69, 9.17) is 11.5 Å². The first-order valence-electron chi connectivity index (χ1n) is 11.7. The molecule has 0 saturated carbocycles. The molecular weight excluding hydrogens is 530 g/mol. The van der Waals surface area contributed by atoms with E-state index in [0.717, 1.165) is 0 Å². The van der Waals surface area contributed by atoms with Crippen molar-refractivity contribution in [2.75, 3.05) is 5.75 Å². The summed E-state index contributed by atoms with van der Waals surface area (Å²) in [6.07, 6.45) is -0.875. The van der Waals surface area contributed by atoms with Crippen molar-refractivity contribution in [3.63, 3.8) is 0 Å². The molecule has 0 heterocycles. The minimum Gasteiger partial charge on any atom is -0.508 e. The summed E-state index contributed by atoms with van der Waals surface area (Å²) in [4.78, 5) is 62.1. The summed E-state index contributed by atoms with van der Waals surface area (Å²) in [7, 11) is 0. The molecule has 0 aliphatic heterocycles. The Morgan fingerprint density at radius 1 is 0.718 bits per heavy atom. The van der Waals surface area contributed by atoms with Gasteiger partial charge in [0.15, 0.2) is 0 Å². The standard InChI is InChI=1S/C25H31N5O8S/c26-17(12-39)22(34)28-18(9-13-1-5-15(31)6-2-13)23(35)29-19(11-21(27)33)24(36)30-20(25(37)38)10-14-3-7-16(32)8-4-14/h1-8,17-20,31-32,39H,9-12,26H2,(H2,27,33)(H,28,34)(H,29,35)(H,30,36)(H,37,38). The monoisotopic (exact) mass is 561 g/mol. The first kappa shape index (κ1) is 30.9. The van der Waals surface area contributed by atoms with Crippen molar-refractivity contribution < 1.29 is 39.3 Å². The smallest absolute Gasteiger partial charge is 0.326 e. The van der Waals surface area contributed by atoms with Crippen LogP contribution in [0, 0.1) is 0 Å². The molecule has 0 radical (unpaired) electrons. The van der Waals surface area contributed by atoms with Gasteiger partial charge in [0.25, 0.3) is 0 Å². The first-order valence-corrected chi connectivity index (χ1v) is 12.4. The molecule has 210 valence electrons. The Hall–Kier alpha value is -4.30. The first-order chi connectivity index (χ1) is 18.4. The van der Waals surface area contributed by atoms with E-state index >= 15 is 0 Å². The van der Waals surface area contributed by atoms with Crippen LogP contribution in [0.2, 0.25) is 0 Å². The summed E-state index contributed by atoms with van der Waals surface area (Å²) in [5, 5.41) is 35.7. The predicted octanol–water partition coefficient (Wildman–Crippen LogP) is -1.45. The number of rotatable bonds is 14. The van der Waals surface area contributed by atoms with E-state index in [2.05, 4.69) is 28.6 Å². The number of nitrogens with two attached hydrogens (primary N) is 2. The number of amides is 4. The molecule has 0 bridgehead atoms. The van der Waals surface area contributed by atoms with Gasteiger partial charge in [-0.25, -0.2) is 4.79 Å². The van der Waals surface area contributed by atoms with Gasteiger partial charge in [0.1, 0.15) is 29.6 Å². The molecule has 10 N–H and O–H groups in total. The van der Waals surface area contributed by atoms with Crippen LogP contribution >= 0.6 is 12.6 Å². The van der Waals surface area contributed by atoms with Crippen LogP contribution in [0.3, 0.4) is 0 Å². The number of aliphatic carboxylic acids is 1. The highest BCUT2D eigenvalue weighted by molar-refractivity contribution is 7.80. The Bertz CT molecular complexity index is 1180. The number of primary amides is 1. The number of phenols is 2. The number of thiol groups is 1. The Labute approximate surface area is 229 Å². The Morgan fingerprint density at radius 3 is 1.56 bits per heavy atom. The zero-order chi connectivity index (χ0) is 29.1. The molecule has 39 heavy (non-hydrogen) atoms. The van der Waals surface area contributed by atoms with Gasteiger partial charge in [-0.3, -0.25) is 19.2 Å². The fourth-order valence-electron chi connectivity index (χ4n) is 3.46. The number of hydrogen-bond donors (Lipinski definition) is 9. The van der Waals surface area contributed by atoms with Crippen LogP contribution < -0.4 is 27.4 Å². The third-order valence-corrected chi connectivity index (χ3v) is 5.97. The Balaban J connectivity index is 2.23. The molecule has 0 aliphatic rings. The van der Waals surface area contributed by atoms with E-state index in [1.54, 1.807) is 0 Å². The molecule has 4 unspecified atom stereocenters. The fraction of sp³-hybridized carbons (Fsp3) is 0.320. The van der Waals surface area contributed by atoms with Crippen LogP contribution in [0.1, 0.15) is 17.5 Å². The van der Waals surface area contributed by atoms with Gasteiger partial charge < -0.3 is 42.7 Å². The third kappa shape index (κ3) is 10.2. The maximum atomic E-state index is 13.2. The molecule has 0 saturated heterocycles. The van der Waals surface area contributed by atoms with Gasteiger partial charge in [-0.1, -0.05) is 24.3 Å². The molecule has 2 rings (SSSR count). The molecule has 0 spiro atoms. The predicted molar refractivity (Wildman–Crippen MR) is 143 cm³/mol. The van der Waals surface area contributed by atoms with Crippen molar-refractivity contribution in [3.8, 4) is 11.5 Å². The number of carboxylic acid groups (broad SMARTS) is 1. The fourth-order valence-corrected chi connectivity index (χ4v) is 3.63. The molecule has 2 aromatic carbocycles. The average Bonchev–Trinajstić information content (AvgIpc) is 2.88. The number of aromatic hydroxyl groups is 2. The van der Waals surface area contributed by atoms with E-state index < -0.39 is 60.2 Å². The molecule has 4 amide bonds. The van der Waals surface area contributed by atoms with Gasteiger partial charge in [0.05, 0.1) is 12.5 Å². The van der Waals surface area contributed by atoms with Crippen molar-refractivity contribution >= 4 is 42.2 Å². The lowest BCUT2D eigenvalue weighted by atomic mass is 10.0. The number of carbonyl (C=O) groups is 5. The maximum Gasteiger partial charge on any atom is 0.326 e. The summed E-state index contributed by atoms with van der Waals surface area (Å²) in [6, 6.07) is 6.19. The van der Waals surface area contributed by atoms with E-state index in [1.165, 1.54) is 48.5 Å². The highest BCUT2D eigenvalue weighted by Gasteiger charge is 2.31. The molecule has 0 aromatic heterocycles. The highest BCUT2D eigenvalue weighted by Crippen LogP contribution is 2.13. The quantitative estimate of drug-likeness (QED) is 0.123. The second-order valence-corrected chi connectivity index (χ2v) is 9.09. The summed E-state index contributed by atoms with van der Waals surface area (Å²) in [5.41, 5.74) is 12.0. The molecule has 2 aromatic rings. The largest absolute Gasteiger partial charge is 0.508 e. The van der Waals surface area contributed by atoms with Crippen molar-refractivity contribution in [2.45, 2.75) is 43.4 Å². The van der Waals surface area contributed by atoms with E-state index in [1.807, 2.05) is 0 Å². The maximum absolute atomic E-state index is 13.2. The van der Waals surface area contributed by atoms with E-state index in [9.17, 15) is 39.3 Å². The average molecular weight is 562 g/mol. The lowest BCUT2D eigenvalue weighted by Crippen LogP contribution is -2.58. The summed E-state index contributed by atoms with van der Waals surface area (Å²) in [5.74, 6) is -4.92. The van der Waals surface area contributed by atoms with Crippen LogP contribution in [0.15, 0.2) is 48.5 Å². The van der Waals surface area contributed by atoms with Gasteiger partial charge in [0.2, 0.25) is 23.6 Å². The normalized spacial score (nSPS) is 13.8. The minimum absolute atomic E-state index is 0.0102. The number of carbonyl (C=O) groups excluding carboxylic acids is 4. The summed E-state index contributed by atoms with van der Waals surface area (Å²) >= 11 is 3.97. The topological polar surface area (TPSA) is 234 Å². The Kier molecular flexibility index (Phi) is 11.6. The Morgan fingerprint density at radius 2 is 1.13 bits per heavy atom. The van der Waals surface area contributed by atoms with Gasteiger partial charge in [0, 0.05) is 18.6 Å². The highest BCUT2D eigenvalue weighted by atomic mass is 32.1. The number of benzene rings is 2. The summed E-state index contributed by atoms with van der Waals surface area (Å²) < 4.78 is 0. The van der Waals surface area contributed by atoms with Gasteiger partial charge >= 0.3 is 5.97 Å². The lowest BCUT2D eigenvalue weighted by molar-refractivity contribution is -0.142. The zero-order valence-electron chi connectivity index (χ0n) is 20.7. The van der Waals surface area contributed by atoms with Crippen molar-refractivity contribution in [2.24, 2.45) is 11.5 Å². The number of hydrogen-bond acceptors (Lipinski definition) is 9. The van der Waals surface area contributed by atoms with Gasteiger partial charge in [-0.05, 0) is 35.4 Å². The van der Waals surface area contributed by atoms with E-state index in [0.29, 0.717) is 11.1 Å². The van der Waals surface area contributed by atoms with Crippen LogP contribution in [0.4, 0.5) is 0 Å². The summed E-state index contributed by atoms with van der Waals surface area (Å²) in [6.45, 7) is 0. The number of nitrogens with one attached hydrogen (secondary N) is 3. The zero-order valence-corrected chi connectivity index (χ0v) is 21.6. The number of carboxylic acids is 1. The van der Waals surface area contributed by atoms with Crippen molar-refractivity contribution in [1.29, 1.82) is 0 Å². The second-order valence-electron chi connectivity index (χ2n) is 8.72. The molecule has 0 fully saturated rings. The van der Waals surface area contributed by atoms with Gasteiger partial charge in [-0.15, -0.1) is 0 Å². The van der Waals surface area contributed by atoms with Crippen molar-refractivity contribution in [1.82, 2.24) is 16.0 Å². The van der Waals surface area contributed by atoms with Crippen LogP contribution in [0.25, 0.3) is 0 Å². The van der Waals surface area contributed by atoms with Crippen LogP contribution in [-0.2, 0) is 36.8 Å². The van der Waals surface area contributed by atoms with Gasteiger partial charge in [-0.2, -0.15) is 12.6 Å². The number of phenolic OH excluding ortho intramolecular Hbond substituents is 2. The second kappa shape index (κ2) is 14.6. The van der Waals surface area contributed by atoms with Crippen LogP contribution in [-0.4, -0.2) is 74.8 Å². The molecule has 13 nitrogen and oxygen atoms in total. The van der Waals surface area contributed by atoms with Crippen molar-refractivity contribution in [3.05, 3.63) is 59.7 Å². The molecule has 0 aliphatic carbocycles. The SMILES string of the molecule is NC(=O)CC(NC(=O)C(Cc1ccc(O)cc1)NC(=O)C(N)CS)C(=O)NC(Cc1ccc(O)cc1)C(=O)O. The van der Waals surface area contributed by atoms with E-state index in [-0.39, 0.29) is 30.1 Å². The molecule has 14 heteroatoms. The molecule has 4 atom stereocenters. The minimum atomic E-state index is -1.56.